The van der Waals surface area contributed by atoms with Gasteiger partial charge in [-0.25, -0.2) is 0 Å². The van der Waals surface area contributed by atoms with Crippen LogP contribution in [0.25, 0.3) is 0 Å². The van der Waals surface area contributed by atoms with Gasteiger partial charge in [0.25, 0.3) is 0 Å². The van der Waals surface area contributed by atoms with Crippen molar-refractivity contribution in [2.75, 3.05) is 11.5 Å². The van der Waals surface area contributed by atoms with Crippen LogP contribution < -0.4 is 0 Å². The summed E-state index contributed by atoms with van der Waals surface area (Å²) in [5.74, 6) is 2.51. The molecule has 0 bridgehead atoms. The third-order valence-electron chi connectivity index (χ3n) is 2.27. The van der Waals surface area contributed by atoms with Crippen molar-refractivity contribution < 1.29 is 10.2 Å². The molecule has 1 heterocycles. The molecular weight excluding hydrogens is 216 g/mol. The fourth-order valence-electron chi connectivity index (χ4n) is 1.54. The molecule has 2 N–H and O–H groups in total. The lowest BCUT2D eigenvalue weighted by molar-refractivity contribution is 0.449. The minimum atomic E-state index is -0.0176. The van der Waals surface area contributed by atoms with E-state index < -0.39 is 0 Å². The van der Waals surface area contributed by atoms with Crippen LogP contribution in [0.2, 0.25) is 0 Å². The molecule has 0 spiro atoms. The van der Waals surface area contributed by atoms with Crippen LogP contribution in [-0.2, 0) is 4.08 Å². The van der Waals surface area contributed by atoms with Crippen molar-refractivity contribution in [1.29, 1.82) is 0 Å². The summed E-state index contributed by atoms with van der Waals surface area (Å²) in [4.78, 5) is 0. The Morgan fingerprint density at radius 2 is 1.57 bits per heavy atom. The van der Waals surface area contributed by atoms with Gasteiger partial charge in [0.1, 0.15) is 11.5 Å². The number of rotatable bonds is 1. The van der Waals surface area contributed by atoms with E-state index in [1.807, 2.05) is 23.5 Å². The maximum Gasteiger partial charge on any atom is 0.119 e. The molecule has 0 atom stereocenters. The first-order chi connectivity index (χ1) is 6.60. The van der Waals surface area contributed by atoms with Crippen LogP contribution in [0.5, 0.6) is 11.5 Å². The SMILES string of the molecule is CC1(c2cc(O)cc(O)c2)SCCS1. The molecule has 1 aliphatic rings. The first kappa shape index (κ1) is 10.1. The van der Waals surface area contributed by atoms with Gasteiger partial charge in [0, 0.05) is 17.6 Å². The predicted molar refractivity (Wildman–Crippen MR) is 62.0 cm³/mol. The van der Waals surface area contributed by atoms with E-state index in [4.69, 9.17) is 0 Å². The highest BCUT2D eigenvalue weighted by Gasteiger charge is 2.32. The number of aromatic hydroxyl groups is 2. The standard InChI is InChI=1S/C10H12O2S2/c1-10(13-2-3-14-10)7-4-8(11)6-9(12)5-7/h4-6,11-12H,2-3H2,1H3. The Labute approximate surface area is 91.7 Å². The van der Waals surface area contributed by atoms with E-state index in [0.29, 0.717) is 0 Å². The molecule has 2 rings (SSSR count). The van der Waals surface area contributed by atoms with E-state index in [1.165, 1.54) is 6.07 Å². The molecule has 0 saturated carbocycles. The van der Waals surface area contributed by atoms with E-state index >= 15 is 0 Å². The largest absolute Gasteiger partial charge is 0.508 e. The van der Waals surface area contributed by atoms with Gasteiger partial charge < -0.3 is 10.2 Å². The second kappa shape index (κ2) is 3.59. The van der Waals surface area contributed by atoms with Crippen LogP contribution in [0.4, 0.5) is 0 Å². The molecule has 1 aromatic carbocycles. The van der Waals surface area contributed by atoms with Crippen molar-refractivity contribution in [3.63, 3.8) is 0 Å². The molecule has 1 aliphatic heterocycles. The van der Waals surface area contributed by atoms with Crippen LogP contribution in [0, 0.1) is 0 Å². The second-order valence-corrected chi connectivity index (χ2v) is 6.67. The summed E-state index contributed by atoms with van der Waals surface area (Å²) in [6.07, 6.45) is 0. The quantitative estimate of drug-likeness (QED) is 0.775. The Morgan fingerprint density at radius 3 is 2.07 bits per heavy atom. The van der Waals surface area contributed by atoms with Crippen LogP contribution in [-0.4, -0.2) is 21.7 Å². The van der Waals surface area contributed by atoms with Crippen molar-refractivity contribution >= 4 is 23.5 Å². The van der Waals surface area contributed by atoms with E-state index in [9.17, 15) is 10.2 Å². The third kappa shape index (κ3) is 1.81. The molecule has 0 aliphatic carbocycles. The van der Waals surface area contributed by atoms with Crippen molar-refractivity contribution in [3.05, 3.63) is 23.8 Å². The molecule has 0 amide bonds. The Balaban J connectivity index is 2.40. The van der Waals surface area contributed by atoms with Crippen molar-refractivity contribution in [3.8, 4) is 11.5 Å². The summed E-state index contributed by atoms with van der Waals surface area (Å²) < 4.78 is -0.0176. The highest BCUT2D eigenvalue weighted by atomic mass is 32.2. The molecule has 4 heteroatoms. The predicted octanol–water partition coefficient (Wildman–Crippen LogP) is 2.75. The maximum absolute atomic E-state index is 9.39. The van der Waals surface area contributed by atoms with Crippen LogP contribution in [0.1, 0.15) is 12.5 Å². The zero-order valence-electron chi connectivity index (χ0n) is 7.86. The first-order valence-corrected chi connectivity index (χ1v) is 6.39. The number of thioether (sulfide) groups is 2. The van der Waals surface area contributed by atoms with Crippen molar-refractivity contribution in [2.24, 2.45) is 0 Å². The average molecular weight is 228 g/mol. The van der Waals surface area contributed by atoms with Gasteiger partial charge in [0.15, 0.2) is 0 Å². The van der Waals surface area contributed by atoms with Gasteiger partial charge in [0.2, 0.25) is 0 Å². The minimum absolute atomic E-state index is 0.0176. The fraction of sp³-hybridized carbons (Fsp3) is 0.400. The van der Waals surface area contributed by atoms with Gasteiger partial charge in [-0.15, -0.1) is 23.5 Å². The second-order valence-electron chi connectivity index (χ2n) is 3.38. The minimum Gasteiger partial charge on any atom is -0.508 e. The summed E-state index contributed by atoms with van der Waals surface area (Å²) in [5.41, 5.74) is 0.988. The molecule has 14 heavy (non-hydrogen) atoms. The number of hydrogen-bond acceptors (Lipinski definition) is 4. The molecular formula is C10H12O2S2. The van der Waals surface area contributed by atoms with Crippen molar-refractivity contribution in [1.82, 2.24) is 0 Å². The molecule has 2 nitrogen and oxygen atoms in total. The lowest BCUT2D eigenvalue weighted by Crippen LogP contribution is -2.07. The Morgan fingerprint density at radius 1 is 1.07 bits per heavy atom. The van der Waals surface area contributed by atoms with Crippen molar-refractivity contribution in [2.45, 2.75) is 11.0 Å². The summed E-state index contributed by atoms with van der Waals surface area (Å²) in [5, 5.41) is 18.8. The summed E-state index contributed by atoms with van der Waals surface area (Å²) in [6.45, 7) is 2.13. The zero-order chi connectivity index (χ0) is 10.2. The average Bonchev–Trinajstić information content (AvgIpc) is 2.52. The van der Waals surface area contributed by atoms with E-state index in [2.05, 4.69) is 6.92 Å². The molecule has 0 aromatic heterocycles. The third-order valence-corrected chi connectivity index (χ3v) is 5.62. The normalized spacial score (nSPS) is 19.8. The highest BCUT2D eigenvalue weighted by Crippen LogP contribution is 2.52. The van der Waals surface area contributed by atoms with E-state index in [1.54, 1.807) is 12.1 Å². The number of hydrogen-bond donors (Lipinski definition) is 2. The molecule has 1 saturated heterocycles. The molecule has 76 valence electrons. The van der Waals surface area contributed by atoms with Gasteiger partial charge in [0.05, 0.1) is 4.08 Å². The van der Waals surface area contributed by atoms with Gasteiger partial charge in [-0.3, -0.25) is 0 Å². The fourth-order valence-corrected chi connectivity index (χ4v) is 4.39. The molecule has 0 radical (unpaired) electrons. The van der Waals surface area contributed by atoms with Gasteiger partial charge >= 0.3 is 0 Å². The number of phenolic OH excluding ortho intramolecular Hbond substituents is 2. The zero-order valence-corrected chi connectivity index (χ0v) is 9.49. The molecule has 1 fully saturated rings. The van der Waals surface area contributed by atoms with Crippen LogP contribution in [0.3, 0.4) is 0 Å². The summed E-state index contributed by atoms with van der Waals surface area (Å²) >= 11 is 3.71. The summed E-state index contributed by atoms with van der Waals surface area (Å²) in [6, 6.07) is 4.81. The van der Waals surface area contributed by atoms with E-state index in [-0.39, 0.29) is 15.6 Å². The molecule has 1 aromatic rings. The number of benzene rings is 1. The topological polar surface area (TPSA) is 40.5 Å². The van der Waals surface area contributed by atoms with E-state index in [0.717, 1.165) is 17.1 Å². The highest BCUT2D eigenvalue weighted by molar-refractivity contribution is 8.20. The monoisotopic (exact) mass is 228 g/mol. The maximum atomic E-state index is 9.39. The smallest absolute Gasteiger partial charge is 0.119 e. The van der Waals surface area contributed by atoms with Gasteiger partial charge in [-0.05, 0) is 24.6 Å². The lowest BCUT2D eigenvalue weighted by Gasteiger charge is -2.22. The molecule has 0 unspecified atom stereocenters. The Hall–Kier alpha value is -0.480. The van der Waals surface area contributed by atoms with Crippen LogP contribution in [0.15, 0.2) is 18.2 Å². The lowest BCUT2D eigenvalue weighted by atomic mass is 10.1. The first-order valence-electron chi connectivity index (χ1n) is 4.41. The Bertz CT molecular complexity index is 326. The summed E-state index contributed by atoms with van der Waals surface area (Å²) in [7, 11) is 0. The van der Waals surface area contributed by atoms with Gasteiger partial charge in [-0.2, -0.15) is 0 Å². The number of phenols is 2. The Kier molecular flexibility index (Phi) is 2.58. The van der Waals surface area contributed by atoms with Crippen LogP contribution >= 0.6 is 23.5 Å². The van der Waals surface area contributed by atoms with Gasteiger partial charge in [-0.1, -0.05) is 0 Å².